The highest BCUT2D eigenvalue weighted by molar-refractivity contribution is 7.90. The van der Waals surface area contributed by atoms with Gasteiger partial charge in [-0.2, -0.15) is 0 Å². The second-order valence-electron chi connectivity index (χ2n) is 6.83. The van der Waals surface area contributed by atoms with Crippen molar-refractivity contribution in [3.63, 3.8) is 0 Å². The van der Waals surface area contributed by atoms with Crippen LogP contribution in [0.3, 0.4) is 0 Å². The van der Waals surface area contributed by atoms with Crippen LogP contribution in [-0.2, 0) is 16.3 Å². The third-order valence-electron chi connectivity index (χ3n) is 4.57. The van der Waals surface area contributed by atoms with E-state index in [9.17, 15) is 13.2 Å². The van der Waals surface area contributed by atoms with Gasteiger partial charge in [-0.05, 0) is 30.5 Å². The smallest absolute Gasteiger partial charge is 0.269 e. The fourth-order valence-corrected chi connectivity index (χ4v) is 3.79. The number of piperidine rings is 1. The average molecular weight is 389 g/mol. The Balaban J connectivity index is 1.90. The van der Waals surface area contributed by atoms with E-state index in [-0.39, 0.29) is 16.6 Å². The zero-order valence-corrected chi connectivity index (χ0v) is 15.9. The molecule has 1 fully saturated rings. The van der Waals surface area contributed by atoms with Gasteiger partial charge in [0.05, 0.1) is 16.8 Å². The van der Waals surface area contributed by atoms with E-state index in [1.54, 1.807) is 18.3 Å². The van der Waals surface area contributed by atoms with Gasteiger partial charge in [0.25, 0.3) is 5.91 Å². The van der Waals surface area contributed by atoms with Crippen LogP contribution in [0.25, 0.3) is 0 Å². The molecule has 0 spiro atoms. The Morgan fingerprint density at radius 3 is 2.59 bits per heavy atom. The first kappa shape index (κ1) is 19.2. The number of rotatable bonds is 5. The standard InChI is InChI=1S/C18H23N5O3S/c1-27(25,26)14-6-4-12(5-7-14)9-15-17(18(20)24)21-10-16(22-15)23-8-2-3-13(19)11-23/h4-7,10,13H,2-3,8-9,11,19H2,1H3,(H2,20,24). The van der Waals surface area contributed by atoms with Gasteiger partial charge < -0.3 is 16.4 Å². The molecule has 8 nitrogen and oxygen atoms in total. The van der Waals surface area contributed by atoms with Crippen LogP contribution in [0.4, 0.5) is 5.82 Å². The molecule has 144 valence electrons. The van der Waals surface area contributed by atoms with E-state index in [0.717, 1.165) is 31.2 Å². The number of nitrogens with zero attached hydrogens (tertiary/aromatic N) is 3. The highest BCUT2D eigenvalue weighted by Gasteiger charge is 2.21. The van der Waals surface area contributed by atoms with E-state index in [1.807, 2.05) is 0 Å². The molecule has 1 aliphatic heterocycles. The molecule has 9 heteroatoms. The number of carbonyl (C=O) groups is 1. The maximum atomic E-state index is 11.7. The van der Waals surface area contributed by atoms with Crippen LogP contribution in [0.15, 0.2) is 35.4 Å². The minimum atomic E-state index is -3.26. The van der Waals surface area contributed by atoms with Crippen molar-refractivity contribution in [1.29, 1.82) is 0 Å². The summed E-state index contributed by atoms with van der Waals surface area (Å²) >= 11 is 0. The lowest BCUT2D eigenvalue weighted by Gasteiger charge is -2.31. The molecule has 1 aliphatic rings. The SMILES string of the molecule is CS(=O)(=O)c1ccc(Cc2nc(N3CCCC(N)C3)cnc2C(N)=O)cc1. The molecule has 0 aliphatic carbocycles. The summed E-state index contributed by atoms with van der Waals surface area (Å²) in [7, 11) is -3.26. The van der Waals surface area contributed by atoms with Crippen LogP contribution in [0.1, 0.15) is 34.6 Å². The van der Waals surface area contributed by atoms with Crippen molar-refractivity contribution >= 4 is 21.6 Å². The van der Waals surface area contributed by atoms with Gasteiger partial charge in [0.2, 0.25) is 0 Å². The molecule has 1 atom stereocenters. The van der Waals surface area contributed by atoms with Crippen molar-refractivity contribution in [3.05, 3.63) is 47.4 Å². The van der Waals surface area contributed by atoms with E-state index in [1.165, 1.54) is 12.1 Å². The van der Waals surface area contributed by atoms with Gasteiger partial charge in [-0.1, -0.05) is 12.1 Å². The predicted molar refractivity (Wildman–Crippen MR) is 102 cm³/mol. The molecule has 2 heterocycles. The Hall–Kier alpha value is -2.52. The number of nitrogens with two attached hydrogens (primary N) is 2. The second kappa shape index (κ2) is 7.61. The van der Waals surface area contributed by atoms with E-state index in [4.69, 9.17) is 11.5 Å². The summed E-state index contributed by atoms with van der Waals surface area (Å²) in [4.78, 5) is 22.9. The fraction of sp³-hybridized carbons (Fsp3) is 0.389. The number of anilines is 1. The van der Waals surface area contributed by atoms with E-state index >= 15 is 0 Å². The van der Waals surface area contributed by atoms with Gasteiger partial charge in [0, 0.05) is 31.8 Å². The topological polar surface area (TPSA) is 132 Å². The van der Waals surface area contributed by atoms with Gasteiger partial charge >= 0.3 is 0 Å². The number of benzene rings is 1. The fourth-order valence-electron chi connectivity index (χ4n) is 3.16. The minimum Gasteiger partial charge on any atom is -0.364 e. The maximum absolute atomic E-state index is 11.7. The van der Waals surface area contributed by atoms with Crippen LogP contribution in [0.2, 0.25) is 0 Å². The molecule has 1 aromatic carbocycles. The maximum Gasteiger partial charge on any atom is 0.269 e. The van der Waals surface area contributed by atoms with Gasteiger partial charge in [0.1, 0.15) is 11.5 Å². The number of sulfone groups is 1. The molecule has 0 bridgehead atoms. The Kier molecular flexibility index (Phi) is 5.43. The van der Waals surface area contributed by atoms with Crippen molar-refractivity contribution in [1.82, 2.24) is 9.97 Å². The zero-order chi connectivity index (χ0) is 19.6. The summed E-state index contributed by atoms with van der Waals surface area (Å²) < 4.78 is 23.2. The largest absolute Gasteiger partial charge is 0.364 e. The summed E-state index contributed by atoms with van der Waals surface area (Å²) in [5.74, 6) is 0.0186. The Labute approximate surface area is 158 Å². The number of aromatic nitrogens is 2. The molecule has 1 amide bonds. The summed E-state index contributed by atoms with van der Waals surface area (Å²) in [5, 5.41) is 0. The Morgan fingerprint density at radius 2 is 2.00 bits per heavy atom. The van der Waals surface area contributed by atoms with Crippen LogP contribution < -0.4 is 16.4 Å². The monoisotopic (exact) mass is 389 g/mol. The van der Waals surface area contributed by atoms with Crippen LogP contribution in [0, 0.1) is 0 Å². The number of primary amides is 1. The third kappa shape index (κ3) is 4.61. The molecular weight excluding hydrogens is 366 g/mol. The van der Waals surface area contributed by atoms with Crippen molar-refractivity contribution in [2.24, 2.45) is 11.5 Å². The summed E-state index contributed by atoms with van der Waals surface area (Å²) in [6, 6.07) is 6.56. The van der Waals surface area contributed by atoms with Crippen molar-refractivity contribution < 1.29 is 13.2 Å². The molecule has 1 saturated heterocycles. The molecule has 3 rings (SSSR count). The molecular formula is C18H23N5O3S. The molecule has 0 radical (unpaired) electrons. The van der Waals surface area contributed by atoms with Gasteiger partial charge in [0.15, 0.2) is 9.84 Å². The summed E-state index contributed by atoms with van der Waals surface area (Å²) in [6.07, 6.45) is 4.98. The molecule has 4 N–H and O–H groups in total. The number of amides is 1. The molecule has 2 aromatic rings. The van der Waals surface area contributed by atoms with Crippen LogP contribution in [-0.4, -0.2) is 49.7 Å². The highest BCUT2D eigenvalue weighted by atomic mass is 32.2. The summed E-state index contributed by atoms with van der Waals surface area (Å²) in [6.45, 7) is 1.52. The minimum absolute atomic E-state index is 0.0864. The number of hydrogen-bond acceptors (Lipinski definition) is 7. The molecule has 27 heavy (non-hydrogen) atoms. The van der Waals surface area contributed by atoms with Crippen LogP contribution >= 0.6 is 0 Å². The first-order chi connectivity index (χ1) is 12.7. The van der Waals surface area contributed by atoms with Gasteiger partial charge in [-0.15, -0.1) is 0 Å². The quantitative estimate of drug-likeness (QED) is 0.761. The first-order valence-electron chi connectivity index (χ1n) is 8.69. The average Bonchev–Trinajstić information content (AvgIpc) is 2.61. The third-order valence-corrected chi connectivity index (χ3v) is 5.70. The first-order valence-corrected chi connectivity index (χ1v) is 10.6. The van der Waals surface area contributed by atoms with Crippen molar-refractivity contribution in [2.75, 3.05) is 24.2 Å². The van der Waals surface area contributed by atoms with Crippen molar-refractivity contribution in [2.45, 2.75) is 30.2 Å². The highest BCUT2D eigenvalue weighted by Crippen LogP contribution is 2.20. The molecule has 1 aromatic heterocycles. The normalized spacial score (nSPS) is 17.7. The van der Waals surface area contributed by atoms with Gasteiger partial charge in [-0.3, -0.25) is 4.79 Å². The van der Waals surface area contributed by atoms with Gasteiger partial charge in [-0.25, -0.2) is 18.4 Å². The lowest BCUT2D eigenvalue weighted by molar-refractivity contribution is 0.0994. The van der Waals surface area contributed by atoms with Crippen molar-refractivity contribution in [3.8, 4) is 0 Å². The summed E-state index contributed by atoms with van der Waals surface area (Å²) in [5.41, 5.74) is 12.9. The Bertz CT molecular complexity index is 944. The van der Waals surface area contributed by atoms with E-state index < -0.39 is 15.7 Å². The second-order valence-corrected chi connectivity index (χ2v) is 8.84. The number of carbonyl (C=O) groups excluding carboxylic acids is 1. The number of hydrogen-bond donors (Lipinski definition) is 2. The zero-order valence-electron chi connectivity index (χ0n) is 15.1. The van der Waals surface area contributed by atoms with Crippen LogP contribution in [0.5, 0.6) is 0 Å². The van der Waals surface area contributed by atoms with E-state index in [0.29, 0.717) is 24.5 Å². The lowest BCUT2D eigenvalue weighted by Crippen LogP contribution is -2.43. The lowest BCUT2D eigenvalue weighted by atomic mass is 10.1. The Morgan fingerprint density at radius 1 is 1.30 bits per heavy atom. The predicted octanol–water partition coefficient (Wildman–Crippen LogP) is 0.497. The molecule has 0 saturated carbocycles. The van der Waals surface area contributed by atoms with E-state index in [2.05, 4.69) is 14.9 Å². The molecule has 1 unspecified atom stereocenters.